The van der Waals surface area contributed by atoms with E-state index in [1.165, 1.54) is 0 Å². The molecule has 0 saturated heterocycles. The van der Waals surface area contributed by atoms with Crippen molar-refractivity contribution in [1.82, 2.24) is 0 Å². The first-order chi connectivity index (χ1) is 10.3. The van der Waals surface area contributed by atoms with Gasteiger partial charge in [-0.05, 0) is 23.8 Å². The third-order valence-electron chi connectivity index (χ3n) is 3.88. The predicted octanol–water partition coefficient (Wildman–Crippen LogP) is 3.80. The standard InChI is InChI=1S/C18H14O3/c19-14-11-17(12-5-2-1-3-6-12)21-16-9-8-15-13(18(14)16)7-4-10-20-15/h1-9,17H,10-11H2. The molecule has 2 aliphatic heterocycles. The van der Waals surface area contributed by atoms with E-state index in [0.717, 1.165) is 16.9 Å². The summed E-state index contributed by atoms with van der Waals surface area (Å²) < 4.78 is 11.6. The highest BCUT2D eigenvalue weighted by Gasteiger charge is 2.31. The first kappa shape index (κ1) is 12.2. The molecule has 21 heavy (non-hydrogen) atoms. The maximum atomic E-state index is 12.6. The molecule has 0 saturated carbocycles. The van der Waals surface area contributed by atoms with E-state index < -0.39 is 0 Å². The molecule has 2 heterocycles. The number of hydrogen-bond donors (Lipinski definition) is 0. The Hall–Kier alpha value is -2.55. The van der Waals surface area contributed by atoms with Gasteiger partial charge >= 0.3 is 0 Å². The summed E-state index contributed by atoms with van der Waals surface area (Å²) in [5, 5.41) is 0. The number of benzene rings is 2. The molecule has 1 unspecified atom stereocenters. The zero-order valence-electron chi connectivity index (χ0n) is 11.4. The molecule has 1 atom stereocenters. The van der Waals surface area contributed by atoms with Gasteiger partial charge in [0.15, 0.2) is 5.78 Å². The molecule has 2 aliphatic rings. The molecule has 104 valence electrons. The van der Waals surface area contributed by atoms with Crippen LogP contribution >= 0.6 is 0 Å². The lowest BCUT2D eigenvalue weighted by atomic mass is 9.92. The van der Waals surface area contributed by atoms with Gasteiger partial charge in [0.05, 0.1) is 12.0 Å². The Balaban J connectivity index is 1.77. The molecule has 0 aromatic heterocycles. The fourth-order valence-electron chi connectivity index (χ4n) is 2.88. The summed E-state index contributed by atoms with van der Waals surface area (Å²) in [6.45, 7) is 0.549. The second-order valence-electron chi connectivity index (χ2n) is 5.21. The summed E-state index contributed by atoms with van der Waals surface area (Å²) in [6.07, 6.45) is 4.01. The minimum Gasteiger partial charge on any atom is -0.489 e. The molecule has 0 amide bonds. The van der Waals surface area contributed by atoms with Gasteiger partial charge in [0, 0.05) is 5.56 Å². The van der Waals surface area contributed by atoms with Gasteiger partial charge in [-0.3, -0.25) is 4.79 Å². The molecule has 0 spiro atoms. The number of carbonyl (C=O) groups excluding carboxylic acids is 1. The van der Waals surface area contributed by atoms with Gasteiger partial charge in [-0.1, -0.05) is 36.4 Å². The normalized spacial score (nSPS) is 19.2. The quantitative estimate of drug-likeness (QED) is 0.796. The first-order valence-corrected chi connectivity index (χ1v) is 7.04. The van der Waals surface area contributed by atoms with Crippen LogP contribution in [0.4, 0.5) is 0 Å². The Morgan fingerprint density at radius 3 is 2.67 bits per heavy atom. The third-order valence-corrected chi connectivity index (χ3v) is 3.88. The van der Waals surface area contributed by atoms with Crippen LogP contribution in [0.2, 0.25) is 0 Å². The number of Topliss-reactive ketones (excluding diaryl/α,β-unsaturated/α-hetero) is 1. The third kappa shape index (κ3) is 2.02. The molecule has 0 N–H and O–H groups in total. The SMILES string of the molecule is O=C1CC(c2ccccc2)Oc2ccc3c(c21)C=CCO3. The summed E-state index contributed by atoms with van der Waals surface area (Å²) >= 11 is 0. The summed E-state index contributed by atoms with van der Waals surface area (Å²) in [5.41, 5.74) is 2.52. The Morgan fingerprint density at radius 1 is 1.00 bits per heavy atom. The van der Waals surface area contributed by atoms with Crippen LogP contribution in [0.1, 0.15) is 34.0 Å². The van der Waals surface area contributed by atoms with Gasteiger partial charge in [0.2, 0.25) is 0 Å². The van der Waals surface area contributed by atoms with Crippen LogP contribution < -0.4 is 9.47 Å². The summed E-state index contributed by atoms with van der Waals surface area (Å²) in [7, 11) is 0. The number of carbonyl (C=O) groups is 1. The average Bonchev–Trinajstić information content (AvgIpc) is 2.55. The number of ether oxygens (including phenoxy) is 2. The van der Waals surface area contributed by atoms with Crippen LogP contribution in [-0.2, 0) is 0 Å². The van der Waals surface area contributed by atoms with Gasteiger partial charge in [0.25, 0.3) is 0 Å². The lowest BCUT2D eigenvalue weighted by molar-refractivity contribution is 0.0848. The molecule has 2 aromatic rings. The number of ketones is 1. The van der Waals surface area contributed by atoms with Crippen molar-refractivity contribution in [2.75, 3.05) is 6.61 Å². The Bertz CT molecular complexity index is 732. The van der Waals surface area contributed by atoms with Crippen LogP contribution in [0.5, 0.6) is 11.5 Å². The van der Waals surface area contributed by atoms with E-state index in [9.17, 15) is 4.79 Å². The van der Waals surface area contributed by atoms with Gasteiger partial charge in [-0.25, -0.2) is 0 Å². The highest BCUT2D eigenvalue weighted by atomic mass is 16.5. The van der Waals surface area contributed by atoms with Gasteiger partial charge < -0.3 is 9.47 Å². The van der Waals surface area contributed by atoms with Crippen molar-refractivity contribution in [3.63, 3.8) is 0 Å². The number of hydrogen-bond acceptors (Lipinski definition) is 3. The van der Waals surface area contributed by atoms with Crippen LogP contribution in [0, 0.1) is 0 Å². The van der Waals surface area contributed by atoms with Gasteiger partial charge in [-0.2, -0.15) is 0 Å². The van der Waals surface area contributed by atoms with E-state index >= 15 is 0 Å². The summed E-state index contributed by atoms with van der Waals surface area (Å²) in [6, 6.07) is 13.6. The molecule has 3 nitrogen and oxygen atoms in total. The van der Waals surface area contributed by atoms with E-state index in [1.54, 1.807) is 0 Å². The first-order valence-electron chi connectivity index (χ1n) is 7.04. The van der Waals surface area contributed by atoms with Crippen molar-refractivity contribution in [3.8, 4) is 11.5 Å². The van der Waals surface area contributed by atoms with Crippen molar-refractivity contribution in [2.45, 2.75) is 12.5 Å². The molecule has 4 rings (SSSR count). The van der Waals surface area contributed by atoms with Crippen LogP contribution in [-0.4, -0.2) is 12.4 Å². The van der Waals surface area contributed by atoms with Crippen LogP contribution in [0.3, 0.4) is 0 Å². The van der Waals surface area contributed by atoms with Gasteiger partial charge in [-0.15, -0.1) is 0 Å². The molecule has 0 fully saturated rings. The van der Waals surface area contributed by atoms with E-state index in [1.807, 2.05) is 54.6 Å². The number of rotatable bonds is 1. The van der Waals surface area contributed by atoms with E-state index in [4.69, 9.17) is 9.47 Å². The van der Waals surface area contributed by atoms with E-state index in [2.05, 4.69) is 0 Å². The maximum Gasteiger partial charge on any atom is 0.171 e. The average molecular weight is 278 g/mol. The fourth-order valence-corrected chi connectivity index (χ4v) is 2.88. The van der Waals surface area contributed by atoms with Gasteiger partial charge in [0.1, 0.15) is 24.2 Å². The maximum absolute atomic E-state index is 12.6. The minimum atomic E-state index is -0.210. The smallest absolute Gasteiger partial charge is 0.171 e. The monoisotopic (exact) mass is 278 g/mol. The largest absolute Gasteiger partial charge is 0.489 e. The Kier molecular flexibility index (Phi) is 2.78. The van der Waals surface area contributed by atoms with Crippen molar-refractivity contribution in [2.24, 2.45) is 0 Å². The highest BCUT2D eigenvalue weighted by molar-refractivity contribution is 6.04. The molecule has 0 bridgehead atoms. The van der Waals surface area contributed by atoms with E-state index in [-0.39, 0.29) is 11.9 Å². The Labute approximate surface area is 122 Å². The van der Waals surface area contributed by atoms with Crippen molar-refractivity contribution in [1.29, 1.82) is 0 Å². The molecule has 0 aliphatic carbocycles. The number of fused-ring (bicyclic) bond motifs is 3. The Morgan fingerprint density at radius 2 is 1.81 bits per heavy atom. The lowest BCUT2D eigenvalue weighted by Gasteiger charge is -2.28. The fraction of sp³-hybridized carbons (Fsp3) is 0.167. The summed E-state index contributed by atoms with van der Waals surface area (Å²) in [5.74, 6) is 1.51. The topological polar surface area (TPSA) is 35.5 Å². The molecular formula is C18H14O3. The highest BCUT2D eigenvalue weighted by Crippen LogP contribution is 2.41. The van der Waals surface area contributed by atoms with E-state index in [0.29, 0.717) is 24.3 Å². The van der Waals surface area contributed by atoms with Crippen molar-refractivity contribution >= 4 is 11.9 Å². The second kappa shape index (κ2) is 4.77. The van der Waals surface area contributed by atoms with Crippen LogP contribution in [0.15, 0.2) is 48.5 Å². The summed E-state index contributed by atoms with van der Waals surface area (Å²) in [4.78, 5) is 12.6. The lowest BCUT2D eigenvalue weighted by Crippen LogP contribution is -2.22. The molecular weight excluding hydrogens is 264 g/mol. The zero-order chi connectivity index (χ0) is 14.2. The molecule has 0 radical (unpaired) electrons. The molecule has 3 heteroatoms. The van der Waals surface area contributed by atoms with Crippen LogP contribution in [0.25, 0.3) is 6.08 Å². The van der Waals surface area contributed by atoms with Crippen molar-refractivity contribution < 1.29 is 14.3 Å². The predicted molar refractivity (Wildman–Crippen MR) is 79.7 cm³/mol. The zero-order valence-corrected chi connectivity index (χ0v) is 11.4. The minimum absolute atomic E-state index is 0.108. The molecule has 2 aromatic carbocycles. The second-order valence-corrected chi connectivity index (χ2v) is 5.21. The van der Waals surface area contributed by atoms with Crippen molar-refractivity contribution in [3.05, 3.63) is 65.2 Å².